The number of nitrogens with one attached hydrogen (secondary N) is 6. The second kappa shape index (κ2) is 27.3. The van der Waals surface area contributed by atoms with E-state index in [0.717, 1.165) is 97.8 Å². The van der Waals surface area contributed by atoms with Crippen LogP contribution in [0, 0.1) is 0 Å². The van der Waals surface area contributed by atoms with E-state index in [1.54, 1.807) is 0 Å². The maximum atomic E-state index is 10.4. The van der Waals surface area contributed by atoms with Crippen molar-refractivity contribution < 1.29 is 9.90 Å². The van der Waals surface area contributed by atoms with Crippen LogP contribution in [0.4, 0.5) is 0 Å². The van der Waals surface area contributed by atoms with Gasteiger partial charge in [0.1, 0.15) is 0 Å². The maximum absolute atomic E-state index is 10.4. The van der Waals surface area contributed by atoms with Crippen LogP contribution in [0.15, 0.2) is 0 Å². The van der Waals surface area contributed by atoms with Crippen molar-refractivity contribution in [2.24, 2.45) is 0 Å². The van der Waals surface area contributed by atoms with Gasteiger partial charge in [0, 0.05) is 45.7 Å². The SMILES string of the molecule is CCNCCNCCCCCNCCCCNCCNCCNCCCCCC(=O)O. The second-order valence-corrected chi connectivity index (χ2v) is 8.08. The molecule has 7 N–H and O–H groups in total. The van der Waals surface area contributed by atoms with E-state index in [1.165, 1.54) is 32.1 Å². The molecule has 0 unspecified atom stereocenters. The van der Waals surface area contributed by atoms with Gasteiger partial charge in [-0.2, -0.15) is 0 Å². The number of carboxylic acids is 1. The average Bonchev–Trinajstić information content (AvgIpc) is 2.76. The topological polar surface area (TPSA) is 109 Å². The quantitative estimate of drug-likeness (QED) is 0.0945. The molecule has 0 saturated heterocycles. The van der Waals surface area contributed by atoms with Gasteiger partial charge in [-0.3, -0.25) is 4.79 Å². The van der Waals surface area contributed by atoms with Gasteiger partial charge in [-0.25, -0.2) is 0 Å². The van der Waals surface area contributed by atoms with Gasteiger partial charge in [0.15, 0.2) is 0 Å². The smallest absolute Gasteiger partial charge is 0.303 e. The number of likely N-dealkylation sites (N-methyl/N-ethyl adjacent to an activating group) is 1. The third kappa shape index (κ3) is 29.2. The van der Waals surface area contributed by atoms with Crippen LogP contribution in [0.3, 0.4) is 0 Å². The zero-order valence-corrected chi connectivity index (χ0v) is 20.2. The number of rotatable bonds is 27. The monoisotopic (exact) mass is 444 g/mol. The molecule has 0 aromatic rings. The Bertz CT molecular complexity index is 361. The van der Waals surface area contributed by atoms with Crippen molar-refractivity contribution >= 4 is 5.97 Å². The number of carbonyl (C=O) groups is 1. The molecule has 0 radical (unpaired) electrons. The molecule has 0 aromatic carbocycles. The van der Waals surface area contributed by atoms with Gasteiger partial charge < -0.3 is 37.0 Å². The Morgan fingerprint density at radius 1 is 0.484 bits per heavy atom. The molecule has 0 atom stereocenters. The lowest BCUT2D eigenvalue weighted by Gasteiger charge is -2.08. The van der Waals surface area contributed by atoms with Crippen molar-refractivity contribution in [3.63, 3.8) is 0 Å². The van der Waals surface area contributed by atoms with Crippen LogP contribution >= 0.6 is 0 Å². The highest BCUT2D eigenvalue weighted by Gasteiger charge is 1.96. The lowest BCUT2D eigenvalue weighted by atomic mass is 10.2. The molecule has 0 fully saturated rings. The van der Waals surface area contributed by atoms with Crippen LogP contribution in [0.25, 0.3) is 0 Å². The van der Waals surface area contributed by atoms with Crippen LogP contribution < -0.4 is 31.9 Å². The molecule has 0 aliphatic heterocycles. The lowest BCUT2D eigenvalue weighted by Crippen LogP contribution is -2.33. The molecule has 8 heteroatoms. The molecule has 0 aliphatic rings. The first-order valence-electron chi connectivity index (χ1n) is 12.7. The molecule has 8 nitrogen and oxygen atoms in total. The zero-order valence-electron chi connectivity index (χ0n) is 20.2. The van der Waals surface area contributed by atoms with Gasteiger partial charge in [-0.15, -0.1) is 0 Å². The normalized spacial score (nSPS) is 11.3. The summed E-state index contributed by atoms with van der Waals surface area (Å²) >= 11 is 0. The minimum absolute atomic E-state index is 0.293. The summed E-state index contributed by atoms with van der Waals surface area (Å²) in [5.74, 6) is -0.691. The van der Waals surface area contributed by atoms with E-state index in [0.29, 0.717) is 6.42 Å². The number of aliphatic carboxylic acids is 1. The first-order valence-corrected chi connectivity index (χ1v) is 12.7. The molecular weight excluding hydrogens is 392 g/mol. The molecule has 0 bridgehead atoms. The lowest BCUT2D eigenvalue weighted by molar-refractivity contribution is -0.137. The molecule has 186 valence electrons. The summed E-state index contributed by atoms with van der Waals surface area (Å²) in [6.07, 6.45) is 9.44. The number of hydrogen-bond acceptors (Lipinski definition) is 7. The van der Waals surface area contributed by atoms with Crippen molar-refractivity contribution in [2.75, 3.05) is 78.5 Å². The van der Waals surface area contributed by atoms with Crippen molar-refractivity contribution in [1.82, 2.24) is 31.9 Å². The summed E-state index contributed by atoms with van der Waals surface area (Å²) in [5.41, 5.74) is 0. The summed E-state index contributed by atoms with van der Waals surface area (Å²) in [6, 6.07) is 0. The minimum Gasteiger partial charge on any atom is -0.481 e. The van der Waals surface area contributed by atoms with Crippen molar-refractivity contribution in [3.8, 4) is 0 Å². The van der Waals surface area contributed by atoms with Crippen molar-refractivity contribution in [1.29, 1.82) is 0 Å². The fourth-order valence-electron chi connectivity index (χ4n) is 3.21. The Hall–Kier alpha value is -0.770. The van der Waals surface area contributed by atoms with E-state index in [1.807, 2.05) is 0 Å². The Morgan fingerprint density at radius 2 is 0.806 bits per heavy atom. The number of hydrogen-bond donors (Lipinski definition) is 7. The Kier molecular flexibility index (Phi) is 26.6. The number of unbranched alkanes of at least 4 members (excludes halogenated alkanes) is 5. The van der Waals surface area contributed by atoms with E-state index in [4.69, 9.17) is 5.11 Å². The fourth-order valence-corrected chi connectivity index (χ4v) is 3.21. The third-order valence-electron chi connectivity index (χ3n) is 5.09. The fraction of sp³-hybridized carbons (Fsp3) is 0.957. The second-order valence-electron chi connectivity index (χ2n) is 8.08. The highest BCUT2D eigenvalue weighted by Crippen LogP contribution is 1.98. The van der Waals surface area contributed by atoms with Gasteiger partial charge in [0.2, 0.25) is 0 Å². The van der Waals surface area contributed by atoms with Gasteiger partial charge in [-0.05, 0) is 77.8 Å². The maximum Gasteiger partial charge on any atom is 0.303 e. The minimum atomic E-state index is -0.691. The van der Waals surface area contributed by atoms with Crippen LogP contribution in [0.2, 0.25) is 0 Å². The Labute approximate surface area is 191 Å². The van der Waals surface area contributed by atoms with Crippen molar-refractivity contribution in [3.05, 3.63) is 0 Å². The predicted molar refractivity (Wildman–Crippen MR) is 132 cm³/mol. The summed E-state index contributed by atoms with van der Waals surface area (Å²) < 4.78 is 0. The van der Waals surface area contributed by atoms with Gasteiger partial charge >= 0.3 is 5.97 Å². The van der Waals surface area contributed by atoms with Gasteiger partial charge in [0.25, 0.3) is 0 Å². The summed E-state index contributed by atoms with van der Waals surface area (Å²) in [6.45, 7) is 14.8. The summed E-state index contributed by atoms with van der Waals surface area (Å²) in [4.78, 5) is 10.4. The average molecular weight is 445 g/mol. The van der Waals surface area contributed by atoms with Crippen LogP contribution in [0.1, 0.15) is 64.7 Å². The molecule has 0 saturated carbocycles. The largest absolute Gasteiger partial charge is 0.481 e. The number of carboxylic acid groups (broad SMARTS) is 1. The summed E-state index contributed by atoms with van der Waals surface area (Å²) in [5, 5.41) is 29.2. The highest BCUT2D eigenvalue weighted by atomic mass is 16.4. The van der Waals surface area contributed by atoms with E-state index in [2.05, 4.69) is 38.8 Å². The van der Waals surface area contributed by atoms with E-state index >= 15 is 0 Å². The van der Waals surface area contributed by atoms with Gasteiger partial charge in [-0.1, -0.05) is 19.8 Å². The molecule has 31 heavy (non-hydrogen) atoms. The Morgan fingerprint density at radius 3 is 1.23 bits per heavy atom. The standard InChI is InChI=1S/C23H52N6O2/c1-2-24-17-18-26-14-8-4-7-12-25-15-9-10-16-28-20-22-29-21-19-27-13-6-3-5-11-23(30)31/h24-29H,2-22H2,1H3,(H,30,31). The van der Waals surface area contributed by atoms with E-state index in [-0.39, 0.29) is 0 Å². The first-order chi connectivity index (χ1) is 15.3. The molecule has 0 amide bonds. The van der Waals surface area contributed by atoms with E-state index in [9.17, 15) is 4.79 Å². The predicted octanol–water partition coefficient (Wildman–Crippen LogP) is 1.14. The summed E-state index contributed by atoms with van der Waals surface area (Å²) in [7, 11) is 0. The van der Waals surface area contributed by atoms with Crippen LogP contribution in [-0.4, -0.2) is 89.6 Å². The Balaban J connectivity index is 3.00. The van der Waals surface area contributed by atoms with Gasteiger partial charge in [0.05, 0.1) is 0 Å². The molecule has 0 aromatic heterocycles. The molecular formula is C23H52N6O2. The highest BCUT2D eigenvalue weighted by molar-refractivity contribution is 5.66. The molecule has 0 spiro atoms. The van der Waals surface area contributed by atoms with E-state index < -0.39 is 5.97 Å². The van der Waals surface area contributed by atoms with Crippen LogP contribution in [-0.2, 0) is 4.79 Å². The van der Waals surface area contributed by atoms with Crippen LogP contribution in [0.5, 0.6) is 0 Å². The molecule has 0 rings (SSSR count). The van der Waals surface area contributed by atoms with Crippen molar-refractivity contribution in [2.45, 2.75) is 64.7 Å². The first kappa shape index (κ1) is 30.2. The zero-order chi connectivity index (χ0) is 22.7. The molecule has 0 heterocycles. The third-order valence-corrected chi connectivity index (χ3v) is 5.09. The molecule has 0 aliphatic carbocycles.